The van der Waals surface area contributed by atoms with Gasteiger partial charge in [-0.15, -0.1) is 6.42 Å². The Labute approximate surface area is 289 Å². The van der Waals surface area contributed by atoms with Gasteiger partial charge in [0.05, 0.1) is 16.3 Å². The molecular weight excluding hydrogens is 860 g/mol. The minimum Gasteiger partial charge on any atom is -0.409 e. The van der Waals surface area contributed by atoms with Crippen molar-refractivity contribution >= 4 is 30.9 Å². The van der Waals surface area contributed by atoms with Gasteiger partial charge in [0, 0.05) is 12.0 Å². The van der Waals surface area contributed by atoms with Crippen LogP contribution in [0, 0.1) is 23.0 Å². The summed E-state index contributed by atoms with van der Waals surface area (Å²) in [7, 11) is -4.09. The third kappa shape index (κ3) is 7.25. The Bertz CT molecular complexity index is 1460. The van der Waals surface area contributed by atoms with E-state index >= 15 is 8.78 Å². The van der Waals surface area contributed by atoms with E-state index < -0.39 is 91.2 Å². The zero-order valence-corrected chi connectivity index (χ0v) is 29.9. The van der Waals surface area contributed by atoms with E-state index in [9.17, 15) is 70.7 Å². The Morgan fingerprint density at radius 2 is 1.18 bits per heavy atom. The van der Waals surface area contributed by atoms with Crippen LogP contribution in [0.1, 0.15) is 64.7 Å². The Hall–Kier alpha value is -1.77. The first-order valence-electron chi connectivity index (χ1n) is 14.3. The third-order valence-electron chi connectivity index (χ3n) is 8.43. The van der Waals surface area contributed by atoms with E-state index in [1.807, 2.05) is 0 Å². The van der Waals surface area contributed by atoms with Gasteiger partial charge in [0.1, 0.15) is 0 Å². The van der Waals surface area contributed by atoms with Crippen molar-refractivity contribution in [1.82, 2.24) is 4.57 Å². The summed E-state index contributed by atoms with van der Waals surface area (Å²) in [6.07, 6.45) is -6.30. The molecule has 0 saturated heterocycles. The van der Waals surface area contributed by atoms with E-state index in [0.717, 1.165) is 0 Å². The summed E-state index contributed by atoms with van der Waals surface area (Å²) in [5, 5.41) is 0. The highest BCUT2D eigenvalue weighted by atomic mass is 127. The standard InChI is InChI=1S/C28H31F17INO2Si/c1-8-11-47-19(46)13-17(16(7)20(47)48)18(9-2)49-50(14(3)4,15(5)6)12-10-21(29,30)22(31,32)23(33,34)24(35,36)25(37,38)26(39,40)27(41,42)28(43,44)45/h1,13-15,18H,9-12H2,2-7H3/t18-/m0/s1. The summed E-state index contributed by atoms with van der Waals surface area (Å²) in [6.45, 7) is 8.03. The number of halogens is 18. The molecule has 0 aliphatic heterocycles. The molecule has 50 heavy (non-hydrogen) atoms. The summed E-state index contributed by atoms with van der Waals surface area (Å²) in [6, 6.07) is 0.109. The van der Waals surface area contributed by atoms with Crippen LogP contribution < -0.4 is 5.56 Å². The molecule has 0 amide bonds. The Balaban J connectivity index is 3.74. The van der Waals surface area contributed by atoms with Gasteiger partial charge in [0.2, 0.25) is 0 Å². The van der Waals surface area contributed by atoms with Crippen molar-refractivity contribution in [2.75, 3.05) is 0 Å². The molecule has 0 aromatic carbocycles. The number of alkyl halides is 17. The van der Waals surface area contributed by atoms with Crippen molar-refractivity contribution in [1.29, 1.82) is 0 Å². The van der Waals surface area contributed by atoms with Gasteiger partial charge < -0.3 is 4.43 Å². The van der Waals surface area contributed by atoms with Gasteiger partial charge in [-0.2, -0.15) is 74.6 Å². The number of hydrogen-bond acceptors (Lipinski definition) is 2. The lowest BCUT2D eigenvalue weighted by atomic mass is 9.88. The normalized spacial score (nSPS) is 15.5. The summed E-state index contributed by atoms with van der Waals surface area (Å²) in [4.78, 5) is 12.9. The molecule has 0 aliphatic rings. The van der Waals surface area contributed by atoms with Crippen LogP contribution in [-0.2, 0) is 11.0 Å². The first-order chi connectivity index (χ1) is 22.1. The molecule has 1 atom stereocenters. The second kappa shape index (κ2) is 14.6. The van der Waals surface area contributed by atoms with Crippen LogP contribution in [0.3, 0.4) is 0 Å². The maximum atomic E-state index is 15.0. The zero-order valence-electron chi connectivity index (χ0n) is 26.8. The number of hydrogen-bond donors (Lipinski definition) is 0. The SMILES string of the molecule is C#CCn1c(I)cc([C@H](CC)O[Si](CCC(F)(F)C(F)(F)C(F)(F)C(F)(F)C(F)(F)C(F)(F)C(F)(F)C(F)(F)F)(C(C)C)C(C)C)c(C)c1=O. The summed E-state index contributed by atoms with van der Waals surface area (Å²) < 4.78 is 243. The fourth-order valence-electron chi connectivity index (χ4n) is 5.22. The highest BCUT2D eigenvalue weighted by Gasteiger charge is 2.95. The lowest BCUT2D eigenvalue weighted by Crippen LogP contribution is -2.74. The predicted molar refractivity (Wildman–Crippen MR) is 157 cm³/mol. The van der Waals surface area contributed by atoms with Crippen LogP contribution in [0.5, 0.6) is 0 Å². The van der Waals surface area contributed by atoms with Crippen molar-refractivity contribution in [3.05, 3.63) is 31.2 Å². The van der Waals surface area contributed by atoms with Gasteiger partial charge >= 0.3 is 47.6 Å². The fraction of sp³-hybridized carbons (Fsp3) is 0.750. The van der Waals surface area contributed by atoms with E-state index in [2.05, 4.69) is 5.92 Å². The van der Waals surface area contributed by atoms with Gasteiger partial charge in [0.25, 0.3) is 5.56 Å². The minimum atomic E-state index is -8.68. The first kappa shape index (κ1) is 46.2. The molecule has 290 valence electrons. The number of aromatic nitrogens is 1. The average molecular weight is 892 g/mol. The van der Waals surface area contributed by atoms with Crippen LogP contribution in [0.15, 0.2) is 10.9 Å². The quantitative estimate of drug-likeness (QED) is 0.0544. The van der Waals surface area contributed by atoms with E-state index in [0.29, 0.717) is 0 Å². The van der Waals surface area contributed by atoms with E-state index in [-0.39, 0.29) is 27.8 Å². The smallest absolute Gasteiger partial charge is 0.409 e. The maximum Gasteiger partial charge on any atom is 0.460 e. The van der Waals surface area contributed by atoms with Crippen molar-refractivity contribution in [3.8, 4) is 12.3 Å². The fourth-order valence-corrected chi connectivity index (χ4v) is 10.6. The highest BCUT2D eigenvalue weighted by Crippen LogP contribution is 2.64. The Morgan fingerprint density at radius 3 is 1.54 bits per heavy atom. The molecule has 1 rings (SSSR count). The maximum absolute atomic E-state index is 15.0. The van der Waals surface area contributed by atoms with Crippen molar-refractivity contribution in [2.24, 2.45) is 0 Å². The number of terminal acetylenes is 1. The molecule has 0 bridgehead atoms. The molecule has 0 N–H and O–H groups in total. The summed E-state index contributed by atoms with van der Waals surface area (Å²) >= 11 is 1.74. The van der Waals surface area contributed by atoms with E-state index in [4.69, 9.17) is 10.8 Å². The van der Waals surface area contributed by atoms with Gasteiger partial charge in [-0.3, -0.25) is 9.36 Å². The van der Waals surface area contributed by atoms with Crippen molar-refractivity contribution < 1.29 is 79.1 Å². The molecular formula is C28H31F17INO2Si. The molecule has 0 saturated carbocycles. The van der Waals surface area contributed by atoms with Crippen molar-refractivity contribution in [2.45, 2.75) is 132 Å². The first-order valence-corrected chi connectivity index (χ1v) is 17.6. The average Bonchev–Trinajstić information content (AvgIpc) is 2.96. The molecule has 0 fully saturated rings. The van der Waals surface area contributed by atoms with Crippen molar-refractivity contribution in [3.63, 3.8) is 0 Å². The highest BCUT2D eigenvalue weighted by molar-refractivity contribution is 14.1. The lowest BCUT2D eigenvalue weighted by molar-refractivity contribution is -0.461. The second-order valence-corrected chi connectivity index (χ2v) is 18.1. The van der Waals surface area contributed by atoms with Crippen LogP contribution in [0.4, 0.5) is 74.6 Å². The van der Waals surface area contributed by atoms with Crippen LogP contribution in [-0.4, -0.2) is 60.5 Å². The van der Waals surface area contributed by atoms with E-state index in [1.165, 1.54) is 52.2 Å². The largest absolute Gasteiger partial charge is 0.460 e. The number of pyridine rings is 1. The second-order valence-electron chi connectivity index (χ2n) is 12.1. The van der Waals surface area contributed by atoms with E-state index in [1.54, 1.807) is 22.6 Å². The molecule has 1 aromatic rings. The number of nitrogens with zero attached hydrogens (tertiary/aromatic N) is 1. The minimum absolute atomic E-state index is 0.0214. The van der Waals surface area contributed by atoms with Gasteiger partial charge in [-0.05, 0) is 64.7 Å². The third-order valence-corrected chi connectivity index (χ3v) is 15.0. The van der Waals surface area contributed by atoms with Gasteiger partial charge in [0.15, 0.2) is 8.32 Å². The molecule has 1 heterocycles. The van der Waals surface area contributed by atoms with Crippen LogP contribution in [0.25, 0.3) is 0 Å². The molecule has 0 aliphatic carbocycles. The topological polar surface area (TPSA) is 31.2 Å². The predicted octanol–water partition coefficient (Wildman–Crippen LogP) is 11.0. The Kier molecular flexibility index (Phi) is 13.5. The summed E-state index contributed by atoms with van der Waals surface area (Å²) in [5.41, 5.74) is -2.16. The lowest BCUT2D eigenvalue weighted by Gasteiger charge is -2.45. The zero-order chi connectivity index (χ0) is 40.1. The number of rotatable bonds is 16. The summed E-state index contributed by atoms with van der Waals surface area (Å²) in [5.74, 6) is -54.5. The molecule has 0 radical (unpaired) electrons. The molecule has 3 nitrogen and oxygen atoms in total. The van der Waals surface area contributed by atoms with Crippen LogP contribution >= 0.6 is 22.6 Å². The molecule has 0 spiro atoms. The van der Waals surface area contributed by atoms with Gasteiger partial charge in [-0.25, -0.2) is 0 Å². The van der Waals surface area contributed by atoms with Gasteiger partial charge in [-0.1, -0.05) is 40.5 Å². The Morgan fingerprint density at radius 1 is 0.780 bits per heavy atom. The molecule has 0 unspecified atom stereocenters. The van der Waals surface area contributed by atoms with Crippen LogP contribution in [0.2, 0.25) is 17.1 Å². The molecule has 22 heteroatoms. The molecule has 1 aromatic heterocycles. The monoisotopic (exact) mass is 891 g/mol.